The Kier molecular flexibility index (Phi) is 5.22. The van der Waals surface area contributed by atoms with E-state index in [9.17, 15) is 4.79 Å². The van der Waals surface area contributed by atoms with Gasteiger partial charge in [0.1, 0.15) is 5.75 Å². The minimum absolute atomic E-state index is 0.391. The predicted octanol–water partition coefficient (Wildman–Crippen LogP) is 3.49. The minimum Gasteiger partial charge on any atom is -0.491 e. The third-order valence-corrected chi connectivity index (χ3v) is 3.79. The molecule has 0 radical (unpaired) electrons. The number of para-hydroxylation sites is 2. The van der Waals surface area contributed by atoms with Crippen molar-refractivity contribution in [1.29, 1.82) is 0 Å². The van der Waals surface area contributed by atoms with Gasteiger partial charge < -0.3 is 15.8 Å². The summed E-state index contributed by atoms with van der Waals surface area (Å²) >= 11 is 1.52. The lowest BCUT2D eigenvalue weighted by atomic mass is 10.2. The average Bonchev–Trinajstić information content (AvgIpc) is 2.93. The highest BCUT2D eigenvalue weighted by Crippen LogP contribution is 2.25. The number of anilines is 1. The second-order valence-corrected chi connectivity index (χ2v) is 6.22. The molecular formula is C16H20N2O2S. The third-order valence-electron chi connectivity index (χ3n) is 2.85. The van der Waals surface area contributed by atoms with E-state index in [2.05, 4.69) is 19.2 Å². The van der Waals surface area contributed by atoms with Crippen molar-refractivity contribution in [3.8, 4) is 5.75 Å². The molecule has 0 aliphatic heterocycles. The smallest absolute Gasteiger partial charge is 0.249 e. The lowest BCUT2D eigenvalue weighted by Crippen LogP contribution is -2.09. The molecule has 0 aliphatic rings. The van der Waals surface area contributed by atoms with Gasteiger partial charge in [-0.1, -0.05) is 26.0 Å². The van der Waals surface area contributed by atoms with Crippen LogP contribution in [0.3, 0.4) is 0 Å². The van der Waals surface area contributed by atoms with Gasteiger partial charge in [-0.3, -0.25) is 4.79 Å². The minimum atomic E-state index is -0.391. The molecule has 21 heavy (non-hydrogen) atoms. The number of ether oxygens (including phenoxy) is 1. The van der Waals surface area contributed by atoms with Gasteiger partial charge in [-0.2, -0.15) is 0 Å². The van der Waals surface area contributed by atoms with Gasteiger partial charge in [-0.05, 0) is 24.1 Å². The van der Waals surface area contributed by atoms with Crippen molar-refractivity contribution in [1.82, 2.24) is 0 Å². The maximum Gasteiger partial charge on any atom is 0.249 e. The molecule has 4 nitrogen and oxygen atoms in total. The van der Waals surface area contributed by atoms with Gasteiger partial charge in [-0.15, -0.1) is 11.3 Å². The Bertz CT molecular complexity index is 608. The van der Waals surface area contributed by atoms with E-state index in [0.29, 0.717) is 24.6 Å². The van der Waals surface area contributed by atoms with Crippen molar-refractivity contribution in [3.63, 3.8) is 0 Å². The predicted molar refractivity (Wildman–Crippen MR) is 86.9 cm³/mol. The number of carbonyl (C=O) groups excluding carboxylic acids is 1. The summed E-state index contributed by atoms with van der Waals surface area (Å²) < 4.78 is 5.80. The fourth-order valence-electron chi connectivity index (χ4n) is 1.78. The Balaban J connectivity index is 2.00. The first kappa shape index (κ1) is 15.4. The van der Waals surface area contributed by atoms with Crippen LogP contribution < -0.4 is 15.8 Å². The molecule has 5 heteroatoms. The topological polar surface area (TPSA) is 64.3 Å². The largest absolute Gasteiger partial charge is 0.491 e. The molecule has 1 heterocycles. The summed E-state index contributed by atoms with van der Waals surface area (Å²) in [5.74, 6) is 0.935. The van der Waals surface area contributed by atoms with E-state index in [1.807, 2.05) is 30.3 Å². The molecule has 2 aromatic rings. The maximum absolute atomic E-state index is 11.1. The molecule has 0 unspecified atom stereocenters. The van der Waals surface area contributed by atoms with Crippen LogP contribution in [0.2, 0.25) is 0 Å². The molecule has 0 atom stereocenters. The third kappa shape index (κ3) is 4.49. The highest BCUT2D eigenvalue weighted by atomic mass is 32.1. The molecule has 0 saturated carbocycles. The Hall–Kier alpha value is -2.01. The number of carbonyl (C=O) groups is 1. The number of rotatable bonds is 7. The Morgan fingerprint density at radius 1 is 1.38 bits per heavy atom. The lowest BCUT2D eigenvalue weighted by molar-refractivity contribution is 0.100. The maximum atomic E-state index is 11.1. The van der Waals surface area contributed by atoms with Crippen molar-refractivity contribution in [2.24, 2.45) is 11.7 Å². The van der Waals surface area contributed by atoms with Gasteiger partial charge in [0.15, 0.2) is 0 Å². The zero-order valence-electron chi connectivity index (χ0n) is 12.3. The van der Waals surface area contributed by atoms with Crippen molar-refractivity contribution in [3.05, 3.63) is 46.2 Å². The number of primary amides is 1. The monoisotopic (exact) mass is 304 g/mol. The fourth-order valence-corrected chi connectivity index (χ4v) is 2.59. The summed E-state index contributed by atoms with van der Waals surface area (Å²) in [7, 11) is 0. The number of nitrogens with one attached hydrogen (secondary N) is 1. The molecule has 0 saturated heterocycles. The second kappa shape index (κ2) is 7.13. The number of hydrogen-bond donors (Lipinski definition) is 2. The van der Waals surface area contributed by atoms with Crippen LogP contribution in [0.5, 0.6) is 5.75 Å². The van der Waals surface area contributed by atoms with Gasteiger partial charge >= 0.3 is 0 Å². The van der Waals surface area contributed by atoms with Crippen LogP contribution in [0.25, 0.3) is 0 Å². The Labute approximate surface area is 128 Å². The SMILES string of the molecule is CC(C)COc1ccccc1NCc1cc(C(N)=O)cs1. The van der Waals surface area contributed by atoms with Crippen molar-refractivity contribution in [2.75, 3.05) is 11.9 Å². The molecule has 1 aromatic carbocycles. The van der Waals surface area contributed by atoms with E-state index in [4.69, 9.17) is 10.5 Å². The van der Waals surface area contributed by atoms with E-state index in [1.54, 1.807) is 5.38 Å². The van der Waals surface area contributed by atoms with E-state index in [1.165, 1.54) is 11.3 Å². The Morgan fingerprint density at radius 3 is 2.81 bits per heavy atom. The van der Waals surface area contributed by atoms with Crippen LogP contribution in [-0.4, -0.2) is 12.5 Å². The molecule has 0 spiro atoms. The van der Waals surface area contributed by atoms with Crippen LogP contribution in [0.1, 0.15) is 29.1 Å². The second-order valence-electron chi connectivity index (χ2n) is 5.22. The molecular weight excluding hydrogens is 284 g/mol. The van der Waals surface area contributed by atoms with Crippen LogP contribution in [0.15, 0.2) is 35.7 Å². The number of hydrogen-bond acceptors (Lipinski definition) is 4. The van der Waals surface area contributed by atoms with Crippen LogP contribution in [0.4, 0.5) is 5.69 Å². The summed E-state index contributed by atoms with van der Waals surface area (Å²) in [5.41, 5.74) is 6.76. The van der Waals surface area contributed by atoms with Gasteiger partial charge in [0, 0.05) is 16.8 Å². The lowest BCUT2D eigenvalue weighted by Gasteiger charge is -2.14. The van der Waals surface area contributed by atoms with E-state index in [-0.39, 0.29) is 0 Å². The Morgan fingerprint density at radius 2 is 2.14 bits per heavy atom. The highest BCUT2D eigenvalue weighted by Gasteiger charge is 2.07. The first-order valence-electron chi connectivity index (χ1n) is 6.89. The zero-order chi connectivity index (χ0) is 15.2. The quantitative estimate of drug-likeness (QED) is 0.823. The molecule has 0 aliphatic carbocycles. The molecule has 2 rings (SSSR count). The molecule has 0 fully saturated rings. The summed E-state index contributed by atoms with van der Waals surface area (Å²) in [6.45, 7) is 5.56. The summed E-state index contributed by atoms with van der Waals surface area (Å²) in [5, 5.41) is 5.12. The van der Waals surface area contributed by atoms with Crippen molar-refractivity contribution >= 4 is 22.9 Å². The summed E-state index contributed by atoms with van der Waals surface area (Å²) in [6, 6.07) is 9.68. The van der Waals surface area contributed by atoms with Gasteiger partial charge in [0.05, 0.1) is 17.9 Å². The fraction of sp³-hybridized carbons (Fsp3) is 0.312. The van der Waals surface area contributed by atoms with Gasteiger partial charge in [-0.25, -0.2) is 0 Å². The van der Waals surface area contributed by atoms with E-state index >= 15 is 0 Å². The zero-order valence-corrected chi connectivity index (χ0v) is 13.1. The molecule has 1 aromatic heterocycles. The number of amides is 1. The van der Waals surface area contributed by atoms with Crippen molar-refractivity contribution < 1.29 is 9.53 Å². The van der Waals surface area contributed by atoms with E-state index in [0.717, 1.165) is 16.3 Å². The number of benzene rings is 1. The highest BCUT2D eigenvalue weighted by molar-refractivity contribution is 7.10. The van der Waals surface area contributed by atoms with Crippen LogP contribution >= 0.6 is 11.3 Å². The molecule has 112 valence electrons. The number of nitrogens with two attached hydrogens (primary N) is 1. The molecule has 1 amide bonds. The first-order valence-corrected chi connectivity index (χ1v) is 7.77. The number of thiophene rings is 1. The first-order chi connectivity index (χ1) is 10.1. The standard InChI is InChI=1S/C16H20N2O2S/c1-11(2)9-20-15-6-4-3-5-14(15)18-8-13-7-12(10-21-13)16(17)19/h3-7,10-11,18H,8-9H2,1-2H3,(H2,17,19). The molecule has 3 N–H and O–H groups in total. The summed E-state index contributed by atoms with van der Waals surface area (Å²) in [4.78, 5) is 12.1. The van der Waals surface area contributed by atoms with Crippen molar-refractivity contribution in [2.45, 2.75) is 20.4 Å². The average molecular weight is 304 g/mol. The normalized spacial score (nSPS) is 10.6. The van der Waals surface area contributed by atoms with Gasteiger partial charge in [0.25, 0.3) is 0 Å². The van der Waals surface area contributed by atoms with Crippen LogP contribution in [0, 0.1) is 5.92 Å². The van der Waals surface area contributed by atoms with Gasteiger partial charge in [0.2, 0.25) is 5.91 Å². The molecule has 0 bridgehead atoms. The summed E-state index contributed by atoms with van der Waals surface area (Å²) in [6.07, 6.45) is 0. The van der Waals surface area contributed by atoms with E-state index < -0.39 is 5.91 Å². The van der Waals surface area contributed by atoms with Crippen LogP contribution in [-0.2, 0) is 6.54 Å².